The zero-order valence-corrected chi connectivity index (χ0v) is 12.5. The maximum absolute atomic E-state index is 13.4. The van der Waals surface area contributed by atoms with Crippen LogP contribution in [-0.2, 0) is 16.1 Å². The van der Waals surface area contributed by atoms with Crippen molar-refractivity contribution in [3.8, 4) is 0 Å². The summed E-state index contributed by atoms with van der Waals surface area (Å²) in [5.74, 6) is -0.333. The van der Waals surface area contributed by atoms with Crippen LogP contribution in [0, 0.1) is 5.82 Å². The molecule has 22 heavy (non-hydrogen) atoms. The number of rotatable bonds is 7. The molecule has 0 fully saturated rings. The van der Waals surface area contributed by atoms with Crippen LogP contribution in [-0.4, -0.2) is 24.1 Å². The van der Waals surface area contributed by atoms with Crippen molar-refractivity contribution >= 4 is 23.6 Å². The fourth-order valence-electron chi connectivity index (χ4n) is 1.60. The molecule has 2 rings (SSSR count). The number of furan rings is 1. The highest BCUT2D eigenvalue weighted by molar-refractivity contribution is 8.00. The lowest BCUT2D eigenvalue weighted by Gasteiger charge is -2.06. The molecule has 0 unspecified atom stereocenters. The van der Waals surface area contributed by atoms with E-state index in [0.717, 1.165) is 11.8 Å². The maximum Gasteiger partial charge on any atom is 0.239 e. The van der Waals surface area contributed by atoms with E-state index in [1.54, 1.807) is 30.3 Å². The number of carbonyl (C=O) groups is 2. The molecular formula is C15H15FN2O3S. The first-order valence-electron chi connectivity index (χ1n) is 6.58. The van der Waals surface area contributed by atoms with E-state index in [2.05, 4.69) is 10.6 Å². The summed E-state index contributed by atoms with van der Waals surface area (Å²) in [5.41, 5.74) is 0. The fraction of sp³-hybridized carbons (Fsp3) is 0.200. The number of hydrogen-bond acceptors (Lipinski definition) is 4. The van der Waals surface area contributed by atoms with Gasteiger partial charge < -0.3 is 15.1 Å². The van der Waals surface area contributed by atoms with Crippen LogP contribution in [0.1, 0.15) is 5.76 Å². The highest BCUT2D eigenvalue weighted by Crippen LogP contribution is 2.20. The van der Waals surface area contributed by atoms with Crippen molar-refractivity contribution in [3.63, 3.8) is 0 Å². The molecule has 0 spiro atoms. The first-order chi connectivity index (χ1) is 10.6. The Morgan fingerprint density at radius 1 is 1.09 bits per heavy atom. The number of hydrogen-bond donors (Lipinski definition) is 2. The van der Waals surface area contributed by atoms with E-state index in [9.17, 15) is 14.0 Å². The standard InChI is InChI=1S/C15H15FN2O3S/c16-12-5-1-2-6-13(12)22-10-15(20)18-9-14(19)17-8-11-4-3-7-21-11/h1-7H,8-10H2,(H,17,19)(H,18,20). The quantitative estimate of drug-likeness (QED) is 0.764. The number of carbonyl (C=O) groups excluding carboxylic acids is 2. The average molecular weight is 322 g/mol. The van der Waals surface area contributed by atoms with Crippen LogP contribution >= 0.6 is 11.8 Å². The Morgan fingerprint density at radius 2 is 1.91 bits per heavy atom. The van der Waals surface area contributed by atoms with Crippen LogP contribution in [0.15, 0.2) is 52.0 Å². The third kappa shape index (κ3) is 5.25. The Kier molecular flexibility index (Phi) is 6.02. The van der Waals surface area contributed by atoms with Crippen molar-refractivity contribution in [1.29, 1.82) is 0 Å². The second-order valence-electron chi connectivity index (χ2n) is 4.35. The van der Waals surface area contributed by atoms with Gasteiger partial charge in [0.1, 0.15) is 11.6 Å². The highest BCUT2D eigenvalue weighted by atomic mass is 32.2. The van der Waals surface area contributed by atoms with E-state index in [1.807, 2.05) is 0 Å². The summed E-state index contributed by atoms with van der Waals surface area (Å²) in [7, 11) is 0. The van der Waals surface area contributed by atoms with Gasteiger partial charge in [0.15, 0.2) is 0 Å². The molecule has 5 nitrogen and oxygen atoms in total. The molecule has 2 amide bonds. The molecule has 1 heterocycles. The molecule has 1 aromatic carbocycles. The monoisotopic (exact) mass is 322 g/mol. The Labute approximate surface area is 131 Å². The first kappa shape index (κ1) is 16.1. The van der Waals surface area contributed by atoms with Crippen molar-refractivity contribution in [1.82, 2.24) is 10.6 Å². The summed E-state index contributed by atoms with van der Waals surface area (Å²) in [4.78, 5) is 23.6. The zero-order chi connectivity index (χ0) is 15.8. The van der Waals surface area contributed by atoms with Gasteiger partial charge in [-0.25, -0.2) is 4.39 Å². The third-order valence-corrected chi connectivity index (χ3v) is 3.73. The lowest BCUT2D eigenvalue weighted by molar-refractivity contribution is -0.124. The Hall–Kier alpha value is -2.28. The third-order valence-electron chi connectivity index (χ3n) is 2.68. The normalized spacial score (nSPS) is 10.2. The molecule has 0 saturated heterocycles. The second-order valence-corrected chi connectivity index (χ2v) is 5.37. The number of nitrogens with one attached hydrogen (secondary N) is 2. The lowest BCUT2D eigenvalue weighted by atomic mass is 10.3. The molecule has 0 aliphatic rings. The largest absolute Gasteiger partial charge is 0.467 e. The Morgan fingerprint density at radius 3 is 2.64 bits per heavy atom. The first-order valence-corrected chi connectivity index (χ1v) is 7.57. The highest BCUT2D eigenvalue weighted by Gasteiger charge is 2.08. The van der Waals surface area contributed by atoms with E-state index in [-0.39, 0.29) is 36.5 Å². The minimum atomic E-state index is -0.364. The van der Waals surface area contributed by atoms with Crippen molar-refractivity contribution in [2.45, 2.75) is 11.4 Å². The number of halogens is 1. The summed E-state index contributed by atoms with van der Waals surface area (Å²) in [5, 5.41) is 5.09. The fourth-order valence-corrected chi connectivity index (χ4v) is 2.37. The van der Waals surface area contributed by atoms with Gasteiger partial charge in [0.05, 0.1) is 25.1 Å². The molecule has 2 aromatic rings. The summed E-state index contributed by atoms with van der Waals surface area (Å²) in [6.45, 7) is 0.142. The van der Waals surface area contributed by atoms with Gasteiger partial charge in [0.25, 0.3) is 0 Å². The minimum absolute atomic E-state index is 0.0480. The van der Waals surface area contributed by atoms with Gasteiger partial charge in [0, 0.05) is 4.90 Å². The minimum Gasteiger partial charge on any atom is -0.467 e. The molecule has 0 bridgehead atoms. The van der Waals surface area contributed by atoms with Crippen LogP contribution in [0.5, 0.6) is 0 Å². The lowest BCUT2D eigenvalue weighted by Crippen LogP contribution is -2.37. The molecule has 0 aliphatic carbocycles. The van der Waals surface area contributed by atoms with Crippen LogP contribution < -0.4 is 10.6 Å². The zero-order valence-electron chi connectivity index (χ0n) is 11.7. The van der Waals surface area contributed by atoms with Gasteiger partial charge >= 0.3 is 0 Å². The maximum atomic E-state index is 13.4. The molecule has 1 aromatic heterocycles. The van der Waals surface area contributed by atoms with Gasteiger partial charge in [-0.15, -0.1) is 11.8 Å². The number of thioether (sulfide) groups is 1. The number of amides is 2. The van der Waals surface area contributed by atoms with Crippen LogP contribution in [0.2, 0.25) is 0 Å². The second kappa shape index (κ2) is 8.23. The molecule has 2 N–H and O–H groups in total. The predicted molar refractivity (Wildman–Crippen MR) is 80.7 cm³/mol. The summed E-state index contributed by atoms with van der Waals surface area (Å²) < 4.78 is 18.4. The van der Waals surface area contributed by atoms with Crippen molar-refractivity contribution in [2.24, 2.45) is 0 Å². The van der Waals surface area contributed by atoms with Gasteiger partial charge in [-0.05, 0) is 24.3 Å². The Balaban J connectivity index is 1.65. The smallest absolute Gasteiger partial charge is 0.239 e. The summed E-state index contributed by atoms with van der Waals surface area (Å²) >= 11 is 1.08. The molecular weight excluding hydrogens is 307 g/mol. The van der Waals surface area contributed by atoms with E-state index in [0.29, 0.717) is 10.7 Å². The van der Waals surface area contributed by atoms with E-state index in [4.69, 9.17) is 4.42 Å². The van der Waals surface area contributed by atoms with Crippen molar-refractivity contribution in [2.75, 3.05) is 12.3 Å². The van der Waals surface area contributed by atoms with Crippen LogP contribution in [0.3, 0.4) is 0 Å². The van der Waals surface area contributed by atoms with E-state index in [1.165, 1.54) is 12.3 Å². The van der Waals surface area contributed by atoms with E-state index >= 15 is 0 Å². The predicted octanol–water partition coefficient (Wildman–Crippen LogP) is 1.94. The van der Waals surface area contributed by atoms with Crippen LogP contribution in [0.4, 0.5) is 4.39 Å². The van der Waals surface area contributed by atoms with Crippen molar-refractivity contribution < 1.29 is 18.4 Å². The van der Waals surface area contributed by atoms with Gasteiger partial charge in [-0.2, -0.15) is 0 Å². The molecule has 0 atom stereocenters. The molecule has 0 aliphatic heterocycles. The Bertz CT molecular complexity index is 631. The number of benzene rings is 1. The average Bonchev–Trinajstić information content (AvgIpc) is 3.03. The van der Waals surface area contributed by atoms with Gasteiger partial charge in [0.2, 0.25) is 11.8 Å². The molecule has 116 valence electrons. The van der Waals surface area contributed by atoms with Gasteiger partial charge in [-0.3, -0.25) is 9.59 Å². The van der Waals surface area contributed by atoms with Gasteiger partial charge in [-0.1, -0.05) is 12.1 Å². The summed E-state index contributed by atoms with van der Waals surface area (Å²) in [6.07, 6.45) is 1.52. The molecule has 0 radical (unpaired) electrons. The van der Waals surface area contributed by atoms with Crippen LogP contribution in [0.25, 0.3) is 0 Å². The van der Waals surface area contributed by atoms with E-state index < -0.39 is 0 Å². The molecule has 7 heteroatoms. The topological polar surface area (TPSA) is 71.3 Å². The SMILES string of the molecule is O=C(CNC(=O)CSc1ccccc1F)NCc1ccco1. The molecule has 0 saturated carbocycles. The summed E-state index contributed by atoms with van der Waals surface area (Å²) in [6, 6.07) is 9.69. The van der Waals surface area contributed by atoms with Crippen molar-refractivity contribution in [3.05, 3.63) is 54.2 Å².